The maximum Gasteiger partial charge on any atom is 0.174 e. The third-order valence-corrected chi connectivity index (χ3v) is 2.96. The molecule has 3 rings (SSSR count). The molecule has 1 fully saturated rings. The quantitative estimate of drug-likeness (QED) is 0.676. The van der Waals surface area contributed by atoms with E-state index in [1.165, 1.54) is 6.07 Å². The number of fused-ring (bicyclic) bond motifs is 1. The molecule has 2 N–H and O–H groups in total. The van der Waals surface area contributed by atoms with E-state index in [-0.39, 0.29) is 28.4 Å². The first kappa shape index (κ1) is 8.59. The highest BCUT2D eigenvalue weighted by Gasteiger charge is 2.51. The van der Waals surface area contributed by atoms with Crippen LogP contribution in [-0.2, 0) is 0 Å². The number of Topliss-reactive ketones (excluding diaryl/α,β-unsaturated/α-hetero) is 1. The molecule has 1 aliphatic carbocycles. The van der Waals surface area contributed by atoms with Gasteiger partial charge in [0.15, 0.2) is 5.78 Å². The average Bonchev–Trinajstić information content (AvgIpc) is 2.81. The third kappa shape index (κ3) is 1.17. The Morgan fingerprint density at radius 2 is 2.00 bits per heavy atom. The Hall–Kier alpha value is -1.71. The van der Waals surface area contributed by atoms with E-state index in [9.17, 15) is 15.0 Å². The van der Waals surface area contributed by atoms with Crippen molar-refractivity contribution in [2.75, 3.05) is 0 Å². The number of carbonyl (C=O) groups excluding carboxylic acids is 1. The first-order chi connectivity index (χ1) is 7.10. The summed E-state index contributed by atoms with van der Waals surface area (Å²) in [5.41, 5.74) is -0.144. The number of rotatable bonds is 0. The monoisotopic (exact) mass is 206 g/mol. The van der Waals surface area contributed by atoms with Crippen molar-refractivity contribution in [3.8, 4) is 17.2 Å². The molecule has 1 heterocycles. The lowest BCUT2D eigenvalue weighted by Crippen LogP contribution is -2.28. The first-order valence-electron chi connectivity index (χ1n) is 4.88. The molecule has 78 valence electrons. The van der Waals surface area contributed by atoms with Crippen LogP contribution < -0.4 is 4.74 Å². The molecule has 15 heavy (non-hydrogen) atoms. The van der Waals surface area contributed by atoms with Crippen LogP contribution in [0.1, 0.15) is 29.6 Å². The van der Waals surface area contributed by atoms with Gasteiger partial charge in [-0.05, 0) is 12.8 Å². The molecule has 0 atom stereocenters. The number of carbonyl (C=O) groups is 1. The van der Waals surface area contributed by atoms with Gasteiger partial charge in [0.25, 0.3) is 0 Å². The summed E-state index contributed by atoms with van der Waals surface area (Å²) in [4.78, 5) is 11.8. The molecule has 1 saturated carbocycles. The summed E-state index contributed by atoms with van der Waals surface area (Å²) < 4.78 is 5.62. The van der Waals surface area contributed by atoms with Crippen LogP contribution in [0.25, 0.3) is 0 Å². The first-order valence-corrected chi connectivity index (χ1v) is 4.88. The zero-order valence-corrected chi connectivity index (χ0v) is 7.99. The van der Waals surface area contributed by atoms with E-state index in [4.69, 9.17) is 4.74 Å². The number of phenols is 2. The number of hydrogen-bond donors (Lipinski definition) is 2. The summed E-state index contributed by atoms with van der Waals surface area (Å²) in [6.45, 7) is 0. The molecule has 4 nitrogen and oxygen atoms in total. The van der Waals surface area contributed by atoms with Crippen LogP contribution in [0.3, 0.4) is 0 Å². The predicted molar refractivity (Wildman–Crippen MR) is 51.3 cm³/mol. The molecule has 0 aromatic heterocycles. The molecule has 0 amide bonds. The van der Waals surface area contributed by atoms with Crippen molar-refractivity contribution < 1.29 is 19.7 Å². The Kier molecular flexibility index (Phi) is 1.40. The smallest absolute Gasteiger partial charge is 0.174 e. The van der Waals surface area contributed by atoms with Crippen molar-refractivity contribution in [1.82, 2.24) is 0 Å². The second-order valence-electron chi connectivity index (χ2n) is 4.22. The standard InChI is InChI=1S/C11H10O4/c12-6-3-7(13)10-8(14)5-11(1-2-11)15-9(10)4-6/h3-4,12-13H,1-2,5H2. The van der Waals surface area contributed by atoms with Crippen molar-refractivity contribution in [2.45, 2.75) is 24.9 Å². The Labute approximate surface area is 86.1 Å². The Bertz CT molecular complexity index is 460. The SMILES string of the molecule is O=C1CC2(CC2)Oc2cc(O)cc(O)c21. The second kappa shape index (κ2) is 2.45. The van der Waals surface area contributed by atoms with Gasteiger partial charge >= 0.3 is 0 Å². The van der Waals surface area contributed by atoms with Crippen LogP contribution in [0, 0.1) is 0 Å². The van der Waals surface area contributed by atoms with E-state index in [2.05, 4.69) is 0 Å². The summed E-state index contributed by atoms with van der Waals surface area (Å²) >= 11 is 0. The highest BCUT2D eigenvalue weighted by molar-refractivity contribution is 6.03. The summed E-state index contributed by atoms with van der Waals surface area (Å²) in [7, 11) is 0. The molecule has 1 aliphatic heterocycles. The van der Waals surface area contributed by atoms with Gasteiger partial charge in [0.05, 0.1) is 6.42 Å². The number of hydrogen-bond acceptors (Lipinski definition) is 4. The van der Waals surface area contributed by atoms with Gasteiger partial charge in [0.1, 0.15) is 28.4 Å². The van der Waals surface area contributed by atoms with E-state index >= 15 is 0 Å². The fraction of sp³-hybridized carbons (Fsp3) is 0.364. The van der Waals surface area contributed by atoms with E-state index < -0.39 is 0 Å². The van der Waals surface area contributed by atoms with Crippen LogP contribution in [0.2, 0.25) is 0 Å². The fourth-order valence-electron chi connectivity index (χ4n) is 2.02. The van der Waals surface area contributed by atoms with Gasteiger partial charge in [-0.15, -0.1) is 0 Å². The minimum absolute atomic E-state index is 0.0863. The van der Waals surface area contributed by atoms with Crippen molar-refractivity contribution in [2.24, 2.45) is 0 Å². The number of ether oxygens (including phenoxy) is 1. The van der Waals surface area contributed by atoms with E-state index in [1.807, 2.05) is 0 Å². The zero-order chi connectivity index (χ0) is 10.6. The van der Waals surface area contributed by atoms with E-state index in [1.54, 1.807) is 0 Å². The lowest BCUT2D eigenvalue weighted by atomic mass is 9.98. The molecule has 1 spiro atoms. The maximum atomic E-state index is 11.8. The van der Waals surface area contributed by atoms with Gasteiger partial charge in [-0.2, -0.15) is 0 Å². The van der Waals surface area contributed by atoms with Crippen molar-refractivity contribution in [3.05, 3.63) is 17.7 Å². The zero-order valence-electron chi connectivity index (χ0n) is 7.99. The highest BCUT2D eigenvalue weighted by Crippen LogP contribution is 2.50. The summed E-state index contributed by atoms with van der Waals surface area (Å²) in [6, 6.07) is 2.54. The molecule has 0 radical (unpaired) electrons. The average molecular weight is 206 g/mol. The van der Waals surface area contributed by atoms with Gasteiger partial charge < -0.3 is 14.9 Å². The minimum atomic E-state index is -0.343. The predicted octanol–water partition coefficient (Wildman–Crippen LogP) is 1.60. The van der Waals surface area contributed by atoms with Crippen molar-refractivity contribution in [1.29, 1.82) is 0 Å². The van der Waals surface area contributed by atoms with Gasteiger partial charge in [-0.3, -0.25) is 4.79 Å². The molecule has 4 heteroatoms. The van der Waals surface area contributed by atoms with Crippen LogP contribution in [0.4, 0.5) is 0 Å². The molecule has 1 aromatic rings. The van der Waals surface area contributed by atoms with Gasteiger partial charge in [0.2, 0.25) is 0 Å². The normalized spacial score (nSPS) is 20.9. The van der Waals surface area contributed by atoms with E-state index in [0.717, 1.165) is 18.9 Å². The largest absolute Gasteiger partial charge is 0.508 e. The molecular formula is C11H10O4. The molecule has 1 aromatic carbocycles. The number of ketones is 1. The Morgan fingerprint density at radius 3 is 2.67 bits per heavy atom. The molecule has 0 unspecified atom stereocenters. The summed E-state index contributed by atoms with van der Waals surface area (Å²) in [5.74, 6) is -0.0882. The number of aromatic hydroxyl groups is 2. The van der Waals surface area contributed by atoms with Crippen LogP contribution in [0.15, 0.2) is 12.1 Å². The maximum absolute atomic E-state index is 11.8. The molecule has 2 aliphatic rings. The molecule has 0 bridgehead atoms. The summed E-state index contributed by atoms with van der Waals surface area (Å²) in [5, 5.41) is 18.8. The van der Waals surface area contributed by atoms with Gasteiger partial charge in [0, 0.05) is 12.1 Å². The van der Waals surface area contributed by atoms with Crippen molar-refractivity contribution >= 4 is 5.78 Å². The molecule has 0 saturated heterocycles. The second-order valence-corrected chi connectivity index (χ2v) is 4.22. The number of phenolic OH excluding ortho intramolecular Hbond substituents is 2. The van der Waals surface area contributed by atoms with Crippen LogP contribution in [0.5, 0.6) is 17.2 Å². The van der Waals surface area contributed by atoms with Crippen LogP contribution in [-0.4, -0.2) is 21.6 Å². The summed E-state index contributed by atoms with van der Waals surface area (Å²) in [6.07, 6.45) is 2.07. The lowest BCUT2D eigenvalue weighted by molar-refractivity contribution is 0.0806. The van der Waals surface area contributed by atoms with Crippen LogP contribution >= 0.6 is 0 Å². The third-order valence-electron chi connectivity index (χ3n) is 2.96. The minimum Gasteiger partial charge on any atom is -0.508 e. The number of benzene rings is 1. The highest BCUT2D eigenvalue weighted by atomic mass is 16.5. The van der Waals surface area contributed by atoms with Gasteiger partial charge in [-0.1, -0.05) is 0 Å². The van der Waals surface area contributed by atoms with E-state index in [0.29, 0.717) is 12.2 Å². The Balaban J connectivity index is 2.16. The van der Waals surface area contributed by atoms with Crippen molar-refractivity contribution in [3.63, 3.8) is 0 Å². The fourth-order valence-corrected chi connectivity index (χ4v) is 2.02. The Morgan fingerprint density at radius 1 is 1.27 bits per heavy atom. The molecular weight excluding hydrogens is 196 g/mol. The van der Waals surface area contributed by atoms with Gasteiger partial charge in [-0.25, -0.2) is 0 Å². The topological polar surface area (TPSA) is 66.8 Å². The lowest BCUT2D eigenvalue weighted by Gasteiger charge is -2.25.